The molecule has 2 N–H and O–H groups in total. The van der Waals surface area contributed by atoms with Crippen LogP contribution in [-0.4, -0.2) is 11.2 Å². The number of anilines is 2. The van der Waals surface area contributed by atoms with Crippen molar-refractivity contribution >= 4 is 11.4 Å². The standard InChI is InChI=1S/C16H22FN3O/c1-5-14-12(11(4)21-20-14)9-18-16-13(17)7-6-8-15(16)19-10(2)3/h6-8,10,18-19H,5,9H2,1-4H3. The molecule has 0 radical (unpaired) electrons. The lowest BCUT2D eigenvalue weighted by molar-refractivity contribution is 0.390. The van der Waals surface area contributed by atoms with Gasteiger partial charge in [0.15, 0.2) is 0 Å². The number of para-hydroxylation sites is 1. The molecule has 0 saturated heterocycles. The largest absolute Gasteiger partial charge is 0.381 e. The number of rotatable bonds is 6. The van der Waals surface area contributed by atoms with Gasteiger partial charge in [0.25, 0.3) is 0 Å². The Labute approximate surface area is 124 Å². The van der Waals surface area contributed by atoms with Crippen molar-refractivity contribution in [3.05, 3.63) is 41.0 Å². The Morgan fingerprint density at radius 3 is 2.76 bits per heavy atom. The minimum absolute atomic E-state index is 0.232. The Balaban J connectivity index is 2.21. The summed E-state index contributed by atoms with van der Waals surface area (Å²) >= 11 is 0. The molecule has 1 aromatic heterocycles. The average Bonchev–Trinajstić information content (AvgIpc) is 2.78. The van der Waals surface area contributed by atoms with Crippen LogP contribution in [0, 0.1) is 12.7 Å². The molecule has 2 rings (SSSR count). The lowest BCUT2D eigenvalue weighted by atomic mass is 10.1. The fraction of sp³-hybridized carbons (Fsp3) is 0.438. The third-order valence-electron chi connectivity index (χ3n) is 3.30. The Morgan fingerprint density at radius 1 is 1.33 bits per heavy atom. The molecule has 0 aliphatic rings. The van der Waals surface area contributed by atoms with Gasteiger partial charge in [-0.3, -0.25) is 0 Å². The van der Waals surface area contributed by atoms with Crippen molar-refractivity contribution in [1.29, 1.82) is 0 Å². The lowest BCUT2D eigenvalue weighted by Gasteiger charge is -2.16. The molecular weight excluding hydrogens is 269 g/mol. The molecule has 0 fully saturated rings. The molecule has 0 aliphatic heterocycles. The van der Waals surface area contributed by atoms with Gasteiger partial charge in [-0.05, 0) is 39.3 Å². The van der Waals surface area contributed by atoms with Gasteiger partial charge < -0.3 is 15.2 Å². The first-order valence-electron chi connectivity index (χ1n) is 7.25. The first kappa shape index (κ1) is 15.4. The summed E-state index contributed by atoms with van der Waals surface area (Å²) in [6.45, 7) is 8.43. The van der Waals surface area contributed by atoms with Crippen molar-refractivity contribution in [2.45, 2.75) is 46.7 Å². The van der Waals surface area contributed by atoms with Gasteiger partial charge in [0.05, 0.1) is 17.1 Å². The molecule has 1 heterocycles. The summed E-state index contributed by atoms with van der Waals surface area (Å²) in [7, 11) is 0. The van der Waals surface area contributed by atoms with E-state index >= 15 is 0 Å². The zero-order valence-corrected chi connectivity index (χ0v) is 13.0. The number of hydrogen-bond donors (Lipinski definition) is 2. The van der Waals surface area contributed by atoms with Crippen LogP contribution in [0.3, 0.4) is 0 Å². The highest BCUT2D eigenvalue weighted by atomic mass is 19.1. The number of aromatic nitrogens is 1. The van der Waals surface area contributed by atoms with Crippen molar-refractivity contribution < 1.29 is 8.91 Å². The summed E-state index contributed by atoms with van der Waals surface area (Å²) in [6.07, 6.45) is 0.794. The van der Waals surface area contributed by atoms with E-state index in [-0.39, 0.29) is 11.9 Å². The SMILES string of the molecule is CCc1noc(C)c1CNc1c(F)cccc1NC(C)C. The van der Waals surface area contributed by atoms with Crippen LogP contribution in [0.25, 0.3) is 0 Å². The third-order valence-corrected chi connectivity index (χ3v) is 3.30. The molecule has 4 nitrogen and oxygen atoms in total. The van der Waals surface area contributed by atoms with Crippen LogP contribution >= 0.6 is 0 Å². The van der Waals surface area contributed by atoms with Crippen LogP contribution in [0.2, 0.25) is 0 Å². The van der Waals surface area contributed by atoms with E-state index in [1.165, 1.54) is 6.07 Å². The molecule has 0 saturated carbocycles. The van der Waals surface area contributed by atoms with Gasteiger partial charge in [-0.25, -0.2) is 4.39 Å². The predicted molar refractivity (Wildman–Crippen MR) is 83.1 cm³/mol. The molecule has 0 bridgehead atoms. The quantitative estimate of drug-likeness (QED) is 0.840. The number of benzene rings is 1. The van der Waals surface area contributed by atoms with E-state index in [0.717, 1.165) is 29.1 Å². The second-order valence-electron chi connectivity index (χ2n) is 5.33. The molecule has 2 aromatic rings. The van der Waals surface area contributed by atoms with Crippen LogP contribution < -0.4 is 10.6 Å². The highest BCUT2D eigenvalue weighted by Gasteiger charge is 2.14. The van der Waals surface area contributed by atoms with E-state index < -0.39 is 0 Å². The zero-order valence-electron chi connectivity index (χ0n) is 13.0. The Hall–Kier alpha value is -2.04. The summed E-state index contributed by atoms with van der Waals surface area (Å²) in [4.78, 5) is 0. The summed E-state index contributed by atoms with van der Waals surface area (Å²) in [5, 5.41) is 10.4. The molecular formula is C16H22FN3O. The Morgan fingerprint density at radius 2 is 2.10 bits per heavy atom. The summed E-state index contributed by atoms with van der Waals surface area (Å²) in [6, 6.07) is 5.26. The fourth-order valence-electron chi connectivity index (χ4n) is 2.25. The van der Waals surface area contributed by atoms with Crippen LogP contribution in [0.15, 0.2) is 22.7 Å². The second-order valence-corrected chi connectivity index (χ2v) is 5.33. The monoisotopic (exact) mass is 291 g/mol. The van der Waals surface area contributed by atoms with Crippen LogP contribution in [0.1, 0.15) is 37.8 Å². The summed E-state index contributed by atoms with van der Waals surface area (Å²) in [5.74, 6) is 0.502. The minimum Gasteiger partial charge on any atom is -0.381 e. The summed E-state index contributed by atoms with van der Waals surface area (Å²) in [5.41, 5.74) is 3.15. The number of nitrogens with one attached hydrogen (secondary N) is 2. The maximum absolute atomic E-state index is 14.1. The van der Waals surface area contributed by atoms with E-state index in [4.69, 9.17) is 4.52 Å². The smallest absolute Gasteiger partial charge is 0.148 e. The molecule has 0 unspecified atom stereocenters. The van der Waals surface area contributed by atoms with E-state index in [1.807, 2.05) is 33.8 Å². The van der Waals surface area contributed by atoms with Crippen molar-refractivity contribution in [3.8, 4) is 0 Å². The topological polar surface area (TPSA) is 50.1 Å². The average molecular weight is 291 g/mol. The number of aryl methyl sites for hydroxylation is 2. The normalized spacial score (nSPS) is 11.0. The zero-order chi connectivity index (χ0) is 15.4. The van der Waals surface area contributed by atoms with Crippen molar-refractivity contribution in [3.63, 3.8) is 0 Å². The van der Waals surface area contributed by atoms with Crippen molar-refractivity contribution in [1.82, 2.24) is 5.16 Å². The number of halogens is 1. The van der Waals surface area contributed by atoms with Crippen LogP contribution in [0.5, 0.6) is 0 Å². The maximum atomic E-state index is 14.1. The molecule has 0 amide bonds. The Kier molecular flexibility index (Phi) is 4.83. The third kappa shape index (κ3) is 3.54. The second kappa shape index (κ2) is 6.61. The van der Waals surface area contributed by atoms with Gasteiger partial charge in [0.2, 0.25) is 0 Å². The first-order chi connectivity index (χ1) is 10.0. The van der Waals surface area contributed by atoms with Gasteiger partial charge in [0.1, 0.15) is 11.6 Å². The number of nitrogens with zero attached hydrogens (tertiary/aromatic N) is 1. The van der Waals surface area contributed by atoms with Crippen molar-refractivity contribution in [2.24, 2.45) is 0 Å². The van der Waals surface area contributed by atoms with Crippen molar-refractivity contribution in [2.75, 3.05) is 10.6 Å². The Bertz CT molecular complexity index is 608. The lowest BCUT2D eigenvalue weighted by Crippen LogP contribution is -2.13. The molecule has 114 valence electrons. The van der Waals surface area contributed by atoms with E-state index in [2.05, 4.69) is 15.8 Å². The highest BCUT2D eigenvalue weighted by molar-refractivity contribution is 5.69. The molecule has 21 heavy (non-hydrogen) atoms. The van der Waals surface area contributed by atoms with E-state index in [1.54, 1.807) is 6.07 Å². The minimum atomic E-state index is -0.271. The van der Waals surface area contributed by atoms with Gasteiger partial charge in [-0.1, -0.05) is 18.1 Å². The maximum Gasteiger partial charge on any atom is 0.148 e. The summed E-state index contributed by atoms with van der Waals surface area (Å²) < 4.78 is 19.3. The highest BCUT2D eigenvalue weighted by Crippen LogP contribution is 2.27. The molecule has 0 atom stereocenters. The molecule has 0 spiro atoms. The molecule has 0 aliphatic carbocycles. The van der Waals surface area contributed by atoms with Crippen LogP contribution in [0.4, 0.5) is 15.8 Å². The number of hydrogen-bond acceptors (Lipinski definition) is 4. The predicted octanol–water partition coefficient (Wildman–Crippen LogP) is 4.12. The van der Waals surface area contributed by atoms with E-state index in [9.17, 15) is 4.39 Å². The van der Waals surface area contributed by atoms with Gasteiger partial charge in [0, 0.05) is 18.2 Å². The molecule has 5 heteroatoms. The molecule has 1 aromatic carbocycles. The first-order valence-corrected chi connectivity index (χ1v) is 7.25. The van der Waals surface area contributed by atoms with Gasteiger partial charge in [-0.2, -0.15) is 0 Å². The van der Waals surface area contributed by atoms with Crippen LogP contribution in [-0.2, 0) is 13.0 Å². The van der Waals surface area contributed by atoms with Gasteiger partial charge in [-0.15, -0.1) is 0 Å². The van der Waals surface area contributed by atoms with E-state index in [0.29, 0.717) is 12.2 Å². The fourth-order valence-corrected chi connectivity index (χ4v) is 2.25. The van der Waals surface area contributed by atoms with Gasteiger partial charge >= 0.3 is 0 Å².